The number of hydrogen-bond donors (Lipinski definition) is 0. The Bertz CT molecular complexity index is 3180. The number of allylic oxidation sites excluding steroid dienone is 4. The number of furan rings is 1. The van der Waals surface area contributed by atoms with E-state index in [1.165, 1.54) is 6.08 Å². The third kappa shape index (κ3) is 3.79. The van der Waals surface area contributed by atoms with Crippen LogP contribution in [0.4, 0.5) is 0 Å². The standard InChI is InChI=1S/C42H28O/c1-3-14-27(4-2)30-25-26-38-41(36-22-11-12-24-37(36)43-38)42(30)40-34-20-9-7-18-32(34)39(33-19-8-10-21-35(33)40)31-23-13-16-28-15-5-6-17-29(28)31/h3-26H,1-2H2/b27-14+/i5D,6D,7D,8D,9D,10D,13D,15D,16D,17D,18D,19D,20D,21D,23D. The van der Waals surface area contributed by atoms with Crippen molar-refractivity contribution in [3.05, 3.63) is 164 Å². The second kappa shape index (κ2) is 10.0. The molecule has 1 heteroatoms. The summed E-state index contributed by atoms with van der Waals surface area (Å²) >= 11 is 0. The van der Waals surface area contributed by atoms with Crippen LogP contribution in [0.25, 0.3) is 82.1 Å². The van der Waals surface area contributed by atoms with Crippen molar-refractivity contribution in [2.24, 2.45) is 0 Å². The summed E-state index contributed by atoms with van der Waals surface area (Å²) in [4.78, 5) is 0. The second-order valence-electron chi connectivity index (χ2n) is 9.77. The Kier molecular flexibility index (Phi) is 3.26. The Balaban J connectivity index is 1.84. The molecule has 0 amide bonds. The van der Waals surface area contributed by atoms with E-state index in [1.807, 2.05) is 0 Å². The Morgan fingerprint density at radius 2 is 1.21 bits per heavy atom. The monoisotopic (exact) mass is 563 g/mol. The quantitative estimate of drug-likeness (QED) is 0.150. The zero-order valence-corrected chi connectivity index (χ0v) is 22.5. The minimum Gasteiger partial charge on any atom is -0.456 e. The van der Waals surface area contributed by atoms with Crippen molar-refractivity contribution in [1.82, 2.24) is 0 Å². The van der Waals surface area contributed by atoms with Crippen molar-refractivity contribution in [2.75, 3.05) is 0 Å². The van der Waals surface area contributed by atoms with E-state index in [1.54, 1.807) is 48.6 Å². The molecular formula is C42H28O. The van der Waals surface area contributed by atoms with E-state index < -0.39 is 113 Å². The normalized spacial score (nSPS) is 16.9. The van der Waals surface area contributed by atoms with Gasteiger partial charge in [-0.1, -0.05) is 146 Å². The summed E-state index contributed by atoms with van der Waals surface area (Å²) in [7, 11) is 0. The molecule has 0 aliphatic rings. The number of fused-ring (bicyclic) bond motifs is 6. The van der Waals surface area contributed by atoms with Gasteiger partial charge in [-0.15, -0.1) is 0 Å². The first kappa shape index (κ1) is 14.0. The molecule has 7 aromatic carbocycles. The minimum atomic E-state index is -0.776. The molecule has 8 rings (SSSR count). The van der Waals surface area contributed by atoms with Crippen molar-refractivity contribution in [1.29, 1.82) is 0 Å². The smallest absolute Gasteiger partial charge is 0.136 e. The zero-order valence-electron chi connectivity index (χ0n) is 37.5. The van der Waals surface area contributed by atoms with Crippen molar-refractivity contribution < 1.29 is 25.0 Å². The lowest BCUT2D eigenvalue weighted by molar-refractivity contribution is 0.669. The summed E-state index contributed by atoms with van der Waals surface area (Å²) in [6, 6.07) is -0.123. The average molecular weight is 564 g/mol. The molecule has 1 aromatic heterocycles. The highest BCUT2D eigenvalue weighted by Gasteiger charge is 2.23. The van der Waals surface area contributed by atoms with Crippen LogP contribution in [0.15, 0.2) is 163 Å². The summed E-state index contributed by atoms with van der Waals surface area (Å²) in [5.41, 5.74) is 1.07. The molecule has 0 aliphatic heterocycles. The van der Waals surface area contributed by atoms with Crippen molar-refractivity contribution in [2.45, 2.75) is 0 Å². The van der Waals surface area contributed by atoms with Gasteiger partial charge < -0.3 is 4.42 Å². The molecule has 8 aromatic rings. The maximum Gasteiger partial charge on any atom is 0.136 e. The molecule has 0 spiro atoms. The predicted octanol–water partition coefficient (Wildman–Crippen LogP) is 12.1. The maximum atomic E-state index is 9.55. The van der Waals surface area contributed by atoms with E-state index in [9.17, 15) is 6.85 Å². The van der Waals surface area contributed by atoms with Gasteiger partial charge in [-0.2, -0.15) is 0 Å². The van der Waals surface area contributed by atoms with Gasteiger partial charge >= 0.3 is 0 Å². The van der Waals surface area contributed by atoms with Gasteiger partial charge in [-0.05, 0) is 72.3 Å². The molecule has 1 nitrogen and oxygen atoms in total. The van der Waals surface area contributed by atoms with Crippen LogP contribution >= 0.6 is 0 Å². The molecule has 0 N–H and O–H groups in total. The first-order valence-corrected chi connectivity index (χ1v) is 13.4. The van der Waals surface area contributed by atoms with Crippen LogP contribution in [0.2, 0.25) is 0 Å². The molecule has 0 saturated heterocycles. The maximum absolute atomic E-state index is 9.55. The molecule has 1 heterocycles. The third-order valence-electron chi connectivity index (χ3n) is 7.56. The predicted molar refractivity (Wildman–Crippen MR) is 185 cm³/mol. The zero-order chi connectivity index (χ0) is 42.0. The molecule has 43 heavy (non-hydrogen) atoms. The summed E-state index contributed by atoms with van der Waals surface area (Å²) in [5.74, 6) is 0. The minimum absolute atomic E-state index is 0.0438. The molecule has 0 fully saturated rings. The Morgan fingerprint density at radius 1 is 0.581 bits per heavy atom. The van der Waals surface area contributed by atoms with E-state index in [-0.39, 0.29) is 32.7 Å². The lowest BCUT2D eigenvalue weighted by Crippen LogP contribution is -1.95. The summed E-state index contributed by atoms with van der Waals surface area (Å²) in [5, 5.41) is -1.04. The van der Waals surface area contributed by atoms with Crippen molar-refractivity contribution in [3.8, 4) is 22.3 Å². The van der Waals surface area contributed by atoms with Crippen LogP contribution in [0.1, 0.15) is 26.1 Å². The number of para-hydroxylation sites is 1. The third-order valence-corrected chi connectivity index (χ3v) is 7.56. The van der Waals surface area contributed by atoms with Gasteiger partial charge in [0.1, 0.15) is 11.2 Å². The first-order chi connectivity index (χ1) is 27.5. The Morgan fingerprint density at radius 3 is 1.91 bits per heavy atom. The van der Waals surface area contributed by atoms with Gasteiger partial charge in [0.05, 0.1) is 20.6 Å². The highest BCUT2D eigenvalue weighted by Crippen LogP contribution is 2.49. The number of benzene rings is 7. The van der Waals surface area contributed by atoms with Crippen molar-refractivity contribution >= 4 is 59.8 Å². The first-order valence-electron chi connectivity index (χ1n) is 20.9. The fourth-order valence-electron chi connectivity index (χ4n) is 5.84. The van der Waals surface area contributed by atoms with Gasteiger partial charge in [0, 0.05) is 16.3 Å². The second-order valence-corrected chi connectivity index (χ2v) is 9.77. The van der Waals surface area contributed by atoms with Gasteiger partial charge in [0.15, 0.2) is 0 Å². The molecule has 0 radical (unpaired) electrons. The fourth-order valence-corrected chi connectivity index (χ4v) is 5.84. The van der Waals surface area contributed by atoms with Gasteiger partial charge in [-0.3, -0.25) is 0 Å². The van der Waals surface area contributed by atoms with E-state index in [4.69, 9.17) is 18.1 Å². The summed E-state index contributed by atoms with van der Waals surface area (Å²) in [6.07, 6.45) is 4.72. The van der Waals surface area contributed by atoms with Gasteiger partial charge in [-0.25, -0.2) is 0 Å². The summed E-state index contributed by atoms with van der Waals surface area (Å²) < 4.78 is 142. The summed E-state index contributed by atoms with van der Waals surface area (Å²) in [6.45, 7) is 7.84. The Hall–Kier alpha value is -5.66. The van der Waals surface area contributed by atoms with Crippen LogP contribution in [-0.2, 0) is 0 Å². The lowest BCUT2D eigenvalue weighted by Gasteiger charge is -2.21. The van der Waals surface area contributed by atoms with Crippen LogP contribution in [-0.4, -0.2) is 0 Å². The topological polar surface area (TPSA) is 13.1 Å². The Labute approximate surface area is 271 Å². The van der Waals surface area contributed by atoms with E-state index in [0.29, 0.717) is 33.1 Å². The molecule has 202 valence electrons. The molecule has 0 atom stereocenters. The van der Waals surface area contributed by atoms with E-state index in [0.717, 1.165) is 0 Å². The SMILES string of the molecule is [2H]c1c([2H])c([2H])c2c(-c3c4c([2H])c([2H])c([2H])c([2H])c4c(-c4c(/C(C=C)=C/C=C)ccc5oc6ccccc6c45)c4c([2H])c([2H])c([2H])c([2H])c34)c([2H])c([2H])c([2H])c2c1[2H]. The molecule has 0 aliphatic carbocycles. The van der Waals surface area contributed by atoms with Crippen LogP contribution in [0, 0.1) is 0 Å². The highest BCUT2D eigenvalue weighted by molar-refractivity contribution is 6.28. The molecule has 0 saturated carbocycles. The number of hydrogen-bond acceptors (Lipinski definition) is 1. The molecule has 0 bridgehead atoms. The van der Waals surface area contributed by atoms with Gasteiger partial charge in [0.25, 0.3) is 0 Å². The van der Waals surface area contributed by atoms with Crippen LogP contribution < -0.4 is 0 Å². The highest BCUT2D eigenvalue weighted by atomic mass is 16.3. The van der Waals surface area contributed by atoms with E-state index in [2.05, 4.69) is 13.2 Å². The lowest BCUT2D eigenvalue weighted by atomic mass is 9.81. The van der Waals surface area contributed by atoms with Crippen LogP contribution in [0.3, 0.4) is 0 Å². The van der Waals surface area contributed by atoms with Crippen LogP contribution in [0.5, 0.6) is 0 Å². The van der Waals surface area contributed by atoms with E-state index >= 15 is 0 Å². The fraction of sp³-hybridized carbons (Fsp3) is 0. The van der Waals surface area contributed by atoms with Gasteiger partial charge in [0.2, 0.25) is 0 Å². The van der Waals surface area contributed by atoms with Crippen molar-refractivity contribution in [3.63, 3.8) is 0 Å². The molecule has 0 unspecified atom stereocenters. The number of rotatable bonds is 5. The molecular weight excluding hydrogens is 520 g/mol. The average Bonchev–Trinajstić information content (AvgIpc) is 3.60. The largest absolute Gasteiger partial charge is 0.456 e.